The second kappa shape index (κ2) is 5.19. The van der Waals surface area contributed by atoms with Crippen molar-refractivity contribution in [3.05, 3.63) is 41.5 Å². The molecule has 0 radical (unpaired) electrons. The van der Waals surface area contributed by atoms with E-state index in [0.717, 1.165) is 22.3 Å². The Kier molecular flexibility index (Phi) is 3.34. The van der Waals surface area contributed by atoms with Gasteiger partial charge in [-0.2, -0.15) is 5.10 Å². The maximum atomic E-state index is 6.01. The van der Waals surface area contributed by atoms with Crippen molar-refractivity contribution in [3.63, 3.8) is 0 Å². The van der Waals surface area contributed by atoms with Crippen molar-refractivity contribution in [2.24, 2.45) is 10.8 Å². The number of anilines is 2. The molecule has 2 aromatic carbocycles. The molecular weight excluding hydrogens is 298 g/mol. The highest BCUT2D eigenvalue weighted by Crippen LogP contribution is 2.41. The van der Waals surface area contributed by atoms with Crippen LogP contribution in [-0.4, -0.2) is 17.9 Å². The molecule has 0 unspecified atom stereocenters. The predicted octanol–water partition coefficient (Wildman–Crippen LogP) is 1.43. The summed E-state index contributed by atoms with van der Waals surface area (Å²) in [7, 11) is 1.57. The molecule has 7 N–H and O–H groups in total. The van der Waals surface area contributed by atoms with Gasteiger partial charge in [0.15, 0.2) is 5.11 Å². The number of nitrogens with one attached hydrogen (secondary N) is 1. The highest BCUT2D eigenvalue weighted by molar-refractivity contribution is 7.80. The summed E-state index contributed by atoms with van der Waals surface area (Å²) in [6.07, 6.45) is 0. The van der Waals surface area contributed by atoms with Crippen molar-refractivity contribution in [1.29, 1.82) is 0 Å². The van der Waals surface area contributed by atoms with Gasteiger partial charge in [0.1, 0.15) is 5.75 Å². The fraction of sp³-hybridized carbons (Fsp3) is 0.0667. The Morgan fingerprint density at radius 2 is 1.82 bits per heavy atom. The normalized spacial score (nSPS) is 13.6. The van der Waals surface area contributed by atoms with E-state index in [-0.39, 0.29) is 5.11 Å². The molecule has 22 heavy (non-hydrogen) atoms. The Morgan fingerprint density at radius 1 is 1.09 bits per heavy atom. The van der Waals surface area contributed by atoms with Gasteiger partial charge in [-0.15, -0.1) is 0 Å². The van der Waals surface area contributed by atoms with Gasteiger partial charge < -0.3 is 21.9 Å². The van der Waals surface area contributed by atoms with E-state index in [4.69, 9.17) is 34.2 Å². The van der Waals surface area contributed by atoms with E-state index in [1.54, 1.807) is 7.11 Å². The minimum absolute atomic E-state index is 0.0915. The Hall–Kier alpha value is -2.80. The zero-order valence-electron chi connectivity index (χ0n) is 11.9. The molecule has 0 saturated heterocycles. The number of rotatable bonds is 2. The van der Waals surface area contributed by atoms with Crippen LogP contribution >= 0.6 is 12.2 Å². The first-order valence-corrected chi connectivity index (χ1v) is 6.93. The van der Waals surface area contributed by atoms with Crippen molar-refractivity contribution >= 4 is 34.4 Å². The summed E-state index contributed by atoms with van der Waals surface area (Å²) in [5, 5.41) is 4.39. The van der Waals surface area contributed by atoms with Gasteiger partial charge in [-0.3, -0.25) is 5.43 Å². The van der Waals surface area contributed by atoms with Gasteiger partial charge in [-0.05, 0) is 47.6 Å². The van der Waals surface area contributed by atoms with E-state index < -0.39 is 0 Å². The van der Waals surface area contributed by atoms with Crippen LogP contribution in [-0.2, 0) is 0 Å². The topological polar surface area (TPSA) is 112 Å². The zero-order valence-corrected chi connectivity index (χ0v) is 12.7. The number of nitrogen functional groups attached to an aromatic ring is 2. The van der Waals surface area contributed by atoms with E-state index in [1.807, 2.05) is 30.3 Å². The molecule has 0 aromatic heterocycles. The van der Waals surface area contributed by atoms with Gasteiger partial charge in [0.25, 0.3) is 0 Å². The summed E-state index contributed by atoms with van der Waals surface area (Å²) in [6.45, 7) is 0. The van der Waals surface area contributed by atoms with Crippen LogP contribution in [0.3, 0.4) is 0 Å². The number of benzene rings is 2. The average molecular weight is 313 g/mol. The molecule has 0 spiro atoms. The lowest BCUT2D eigenvalue weighted by atomic mass is 10.0. The quantitative estimate of drug-likeness (QED) is 0.323. The highest BCUT2D eigenvalue weighted by atomic mass is 32.1. The van der Waals surface area contributed by atoms with Gasteiger partial charge in [-0.1, -0.05) is 6.07 Å². The van der Waals surface area contributed by atoms with E-state index in [0.29, 0.717) is 22.8 Å². The number of nitrogens with two attached hydrogens (primary N) is 3. The number of thiocarbonyl (C=S) groups is 1. The number of hydrazone groups is 1. The first-order chi connectivity index (χ1) is 10.5. The molecule has 0 atom stereocenters. The van der Waals surface area contributed by atoms with Crippen LogP contribution in [0.2, 0.25) is 0 Å². The predicted molar refractivity (Wildman–Crippen MR) is 92.8 cm³/mol. The lowest BCUT2D eigenvalue weighted by Crippen LogP contribution is -2.25. The minimum atomic E-state index is 0.0915. The SMILES string of the molecule is COc1cc2c(cc1N)-c1ccc(N)cc1/C2=N\NC(N)=S. The van der Waals surface area contributed by atoms with Gasteiger partial charge >= 0.3 is 0 Å². The molecule has 112 valence electrons. The Morgan fingerprint density at radius 3 is 2.50 bits per heavy atom. The third-order valence-corrected chi connectivity index (χ3v) is 3.58. The molecule has 0 amide bonds. The molecule has 0 heterocycles. The van der Waals surface area contributed by atoms with Crippen LogP contribution in [0.15, 0.2) is 35.4 Å². The number of fused-ring (bicyclic) bond motifs is 3. The Balaban J connectivity index is 2.26. The monoisotopic (exact) mass is 313 g/mol. The maximum Gasteiger partial charge on any atom is 0.184 e. The minimum Gasteiger partial charge on any atom is -0.495 e. The standard InChI is InChI=1S/C15H15N5OS/c1-21-13-6-11-9(5-12(13)17)8-3-2-7(16)4-10(8)14(11)19-20-15(18)22/h2-6H,16-17H2,1H3,(H3,18,20,22)/b19-14+. The summed E-state index contributed by atoms with van der Waals surface area (Å²) in [5.74, 6) is 0.586. The lowest BCUT2D eigenvalue weighted by molar-refractivity contribution is 0.417. The molecule has 1 aliphatic rings. The second-order valence-corrected chi connectivity index (χ2v) is 5.32. The first kappa shape index (κ1) is 14.2. The van der Waals surface area contributed by atoms with Crippen molar-refractivity contribution in [2.45, 2.75) is 0 Å². The first-order valence-electron chi connectivity index (χ1n) is 6.52. The maximum absolute atomic E-state index is 6.01. The lowest BCUT2D eigenvalue weighted by Gasteiger charge is -2.08. The van der Waals surface area contributed by atoms with Gasteiger partial charge in [0.2, 0.25) is 0 Å². The number of ether oxygens (including phenoxy) is 1. The molecule has 0 saturated carbocycles. The summed E-state index contributed by atoms with van der Waals surface area (Å²) in [5.41, 5.74) is 25.7. The zero-order chi connectivity index (χ0) is 15.9. The number of hydrogen-bond donors (Lipinski definition) is 4. The van der Waals surface area contributed by atoms with Crippen LogP contribution in [0, 0.1) is 0 Å². The van der Waals surface area contributed by atoms with E-state index in [9.17, 15) is 0 Å². The smallest absolute Gasteiger partial charge is 0.184 e. The molecule has 3 rings (SSSR count). The third kappa shape index (κ3) is 2.21. The van der Waals surface area contributed by atoms with Crippen LogP contribution in [0.5, 0.6) is 5.75 Å². The van der Waals surface area contributed by atoms with E-state index >= 15 is 0 Å². The van der Waals surface area contributed by atoms with Crippen molar-refractivity contribution in [3.8, 4) is 16.9 Å². The van der Waals surface area contributed by atoms with Crippen molar-refractivity contribution in [2.75, 3.05) is 18.6 Å². The Labute approximate surface area is 132 Å². The van der Waals surface area contributed by atoms with Gasteiger partial charge in [0, 0.05) is 16.8 Å². The fourth-order valence-electron chi connectivity index (χ4n) is 2.56. The summed E-state index contributed by atoms with van der Waals surface area (Å²) >= 11 is 4.81. The molecule has 7 heteroatoms. The number of methoxy groups -OCH3 is 1. The summed E-state index contributed by atoms with van der Waals surface area (Å²) in [6, 6.07) is 9.36. The van der Waals surface area contributed by atoms with Crippen molar-refractivity contribution in [1.82, 2.24) is 5.43 Å². The molecule has 0 aliphatic heterocycles. The third-order valence-electron chi connectivity index (χ3n) is 3.49. The van der Waals surface area contributed by atoms with Gasteiger partial charge in [0.05, 0.1) is 18.5 Å². The molecule has 1 aliphatic carbocycles. The largest absolute Gasteiger partial charge is 0.495 e. The van der Waals surface area contributed by atoms with Crippen LogP contribution in [0.25, 0.3) is 11.1 Å². The molecular formula is C15H15N5OS. The van der Waals surface area contributed by atoms with Gasteiger partial charge in [-0.25, -0.2) is 0 Å². The van der Waals surface area contributed by atoms with Crippen LogP contribution in [0.1, 0.15) is 11.1 Å². The van der Waals surface area contributed by atoms with Crippen molar-refractivity contribution < 1.29 is 4.74 Å². The fourth-order valence-corrected chi connectivity index (χ4v) is 2.61. The van der Waals surface area contributed by atoms with Crippen LogP contribution in [0.4, 0.5) is 11.4 Å². The molecule has 0 fully saturated rings. The Bertz CT molecular complexity index is 816. The average Bonchev–Trinajstić information content (AvgIpc) is 2.76. The highest BCUT2D eigenvalue weighted by Gasteiger charge is 2.27. The summed E-state index contributed by atoms with van der Waals surface area (Å²) < 4.78 is 5.29. The molecule has 6 nitrogen and oxygen atoms in total. The summed E-state index contributed by atoms with van der Waals surface area (Å²) in [4.78, 5) is 0. The van der Waals surface area contributed by atoms with E-state index in [1.165, 1.54) is 0 Å². The van der Waals surface area contributed by atoms with Crippen LogP contribution < -0.4 is 27.4 Å². The second-order valence-electron chi connectivity index (χ2n) is 4.88. The number of hydrogen-bond acceptors (Lipinski definition) is 5. The van der Waals surface area contributed by atoms with E-state index in [2.05, 4.69) is 10.5 Å². The molecule has 2 aromatic rings. The number of nitrogens with zero attached hydrogens (tertiary/aromatic N) is 1. The molecule has 0 bridgehead atoms.